The first-order valence-electron chi connectivity index (χ1n) is 6.25. The smallest absolute Gasteiger partial charge is 0.338 e. The molecule has 0 aromatic heterocycles. The zero-order valence-electron chi connectivity index (χ0n) is 10.9. The Balaban J connectivity index is 1.71. The number of thiocarbonyl (C=S) groups is 1. The maximum absolute atomic E-state index is 13.1. The molecule has 0 spiro atoms. The van der Waals surface area contributed by atoms with Crippen molar-refractivity contribution in [3.05, 3.63) is 59.4 Å². The molecular formula is C15H11FN2O2S. The fraction of sp³-hybridized carbons (Fsp3) is 0.0667. The fourth-order valence-electron chi connectivity index (χ4n) is 2.05. The van der Waals surface area contributed by atoms with Crippen molar-refractivity contribution in [2.75, 3.05) is 10.6 Å². The van der Waals surface area contributed by atoms with E-state index in [-0.39, 0.29) is 11.8 Å². The molecule has 1 aliphatic rings. The largest absolute Gasteiger partial charge is 0.457 e. The van der Waals surface area contributed by atoms with E-state index in [1.807, 2.05) is 6.07 Å². The Hall–Kier alpha value is -2.47. The minimum atomic E-state index is -0.344. The highest BCUT2D eigenvalue weighted by atomic mass is 32.1. The SMILES string of the molecule is O=C1OCc2ccc(NC(=S)Nc3cccc(F)c3)cc21. The molecule has 0 atom stereocenters. The first-order valence-corrected chi connectivity index (χ1v) is 6.66. The summed E-state index contributed by atoms with van der Waals surface area (Å²) in [5.41, 5.74) is 2.61. The predicted octanol–water partition coefficient (Wildman–Crippen LogP) is 3.31. The summed E-state index contributed by atoms with van der Waals surface area (Å²) >= 11 is 5.16. The van der Waals surface area contributed by atoms with Gasteiger partial charge >= 0.3 is 5.97 Å². The van der Waals surface area contributed by atoms with Crippen LogP contribution >= 0.6 is 12.2 Å². The molecule has 0 saturated carbocycles. The van der Waals surface area contributed by atoms with Gasteiger partial charge < -0.3 is 15.4 Å². The van der Waals surface area contributed by atoms with Gasteiger partial charge in [0.05, 0.1) is 5.56 Å². The molecule has 0 bridgehead atoms. The molecule has 106 valence electrons. The van der Waals surface area contributed by atoms with E-state index in [9.17, 15) is 9.18 Å². The van der Waals surface area contributed by atoms with Crippen LogP contribution in [0.2, 0.25) is 0 Å². The number of nitrogens with one attached hydrogen (secondary N) is 2. The van der Waals surface area contributed by atoms with Gasteiger partial charge in [-0.1, -0.05) is 12.1 Å². The molecule has 0 radical (unpaired) electrons. The summed E-state index contributed by atoms with van der Waals surface area (Å²) < 4.78 is 18.0. The van der Waals surface area contributed by atoms with Crippen molar-refractivity contribution >= 4 is 34.7 Å². The van der Waals surface area contributed by atoms with Gasteiger partial charge in [-0.15, -0.1) is 0 Å². The number of halogens is 1. The van der Waals surface area contributed by atoms with Gasteiger partial charge in [-0.05, 0) is 42.5 Å². The van der Waals surface area contributed by atoms with Gasteiger partial charge in [0.25, 0.3) is 0 Å². The number of hydrogen-bond donors (Lipinski definition) is 2. The van der Waals surface area contributed by atoms with Crippen molar-refractivity contribution < 1.29 is 13.9 Å². The predicted molar refractivity (Wildman–Crippen MR) is 81.8 cm³/mol. The molecular weight excluding hydrogens is 291 g/mol. The second kappa shape index (κ2) is 5.49. The Morgan fingerprint density at radius 1 is 1.14 bits per heavy atom. The molecule has 0 aliphatic carbocycles. The topological polar surface area (TPSA) is 50.4 Å². The standard InChI is InChI=1S/C15H11FN2O2S/c16-10-2-1-3-11(6-10)17-15(21)18-12-5-4-9-8-20-14(19)13(9)7-12/h1-7H,8H2,(H2,17,18,21). The van der Waals surface area contributed by atoms with Gasteiger partial charge in [0, 0.05) is 16.9 Å². The quantitative estimate of drug-likeness (QED) is 0.658. The summed E-state index contributed by atoms with van der Waals surface area (Å²) in [6.07, 6.45) is 0. The highest BCUT2D eigenvalue weighted by Gasteiger charge is 2.21. The average Bonchev–Trinajstić information content (AvgIpc) is 2.80. The van der Waals surface area contributed by atoms with Crippen LogP contribution in [-0.4, -0.2) is 11.1 Å². The molecule has 4 nitrogen and oxygen atoms in total. The van der Waals surface area contributed by atoms with Gasteiger partial charge in [0.2, 0.25) is 0 Å². The number of anilines is 2. The summed E-state index contributed by atoms with van der Waals surface area (Å²) in [5, 5.41) is 6.14. The maximum atomic E-state index is 13.1. The van der Waals surface area contributed by atoms with E-state index < -0.39 is 0 Å². The second-order valence-corrected chi connectivity index (χ2v) is 4.95. The number of fused-ring (bicyclic) bond motifs is 1. The van der Waals surface area contributed by atoms with Crippen LogP contribution in [0.15, 0.2) is 42.5 Å². The van der Waals surface area contributed by atoms with Crippen LogP contribution < -0.4 is 10.6 Å². The van der Waals surface area contributed by atoms with Crippen LogP contribution in [0.1, 0.15) is 15.9 Å². The number of hydrogen-bond acceptors (Lipinski definition) is 3. The number of benzene rings is 2. The number of carbonyl (C=O) groups excluding carboxylic acids is 1. The maximum Gasteiger partial charge on any atom is 0.338 e. The third kappa shape index (κ3) is 3.00. The Morgan fingerprint density at radius 3 is 2.67 bits per heavy atom. The van der Waals surface area contributed by atoms with Crippen molar-refractivity contribution in [2.24, 2.45) is 0 Å². The zero-order valence-corrected chi connectivity index (χ0v) is 11.7. The lowest BCUT2D eigenvalue weighted by molar-refractivity contribution is 0.0535. The lowest BCUT2D eigenvalue weighted by Crippen LogP contribution is -2.19. The molecule has 0 fully saturated rings. The van der Waals surface area contributed by atoms with Gasteiger partial charge in [-0.3, -0.25) is 0 Å². The summed E-state index contributed by atoms with van der Waals surface area (Å²) in [6.45, 7) is 0.306. The molecule has 3 rings (SSSR count). The molecule has 1 aliphatic heterocycles. The van der Waals surface area contributed by atoms with Gasteiger partial charge in [-0.2, -0.15) is 0 Å². The highest BCUT2D eigenvalue weighted by molar-refractivity contribution is 7.80. The first-order chi connectivity index (χ1) is 10.1. The molecule has 2 aromatic rings. The second-order valence-electron chi connectivity index (χ2n) is 4.54. The molecule has 0 saturated heterocycles. The molecule has 2 N–H and O–H groups in total. The van der Waals surface area contributed by atoms with E-state index in [4.69, 9.17) is 17.0 Å². The molecule has 21 heavy (non-hydrogen) atoms. The Bertz CT molecular complexity index is 733. The number of cyclic esters (lactones) is 1. The molecule has 2 aromatic carbocycles. The third-order valence-electron chi connectivity index (χ3n) is 3.03. The van der Waals surface area contributed by atoms with E-state index in [1.165, 1.54) is 12.1 Å². The lowest BCUT2D eigenvalue weighted by atomic mass is 10.1. The summed E-state index contributed by atoms with van der Waals surface area (Å²) in [7, 11) is 0. The summed E-state index contributed by atoms with van der Waals surface area (Å²) in [4.78, 5) is 11.5. The molecule has 6 heteroatoms. The molecule has 1 heterocycles. The Kier molecular flexibility index (Phi) is 3.53. The van der Waals surface area contributed by atoms with E-state index in [1.54, 1.807) is 24.3 Å². The Morgan fingerprint density at radius 2 is 1.90 bits per heavy atom. The normalized spacial score (nSPS) is 12.5. The average molecular weight is 302 g/mol. The first kappa shape index (κ1) is 13.5. The van der Waals surface area contributed by atoms with Crippen LogP contribution in [0, 0.1) is 5.82 Å². The van der Waals surface area contributed by atoms with E-state index in [2.05, 4.69) is 10.6 Å². The van der Waals surface area contributed by atoms with Gasteiger partial charge in [-0.25, -0.2) is 9.18 Å². The van der Waals surface area contributed by atoms with Crippen molar-refractivity contribution in [3.8, 4) is 0 Å². The molecule has 0 amide bonds. The van der Waals surface area contributed by atoms with Crippen LogP contribution in [-0.2, 0) is 11.3 Å². The van der Waals surface area contributed by atoms with E-state index >= 15 is 0 Å². The van der Waals surface area contributed by atoms with Crippen LogP contribution in [0.3, 0.4) is 0 Å². The monoisotopic (exact) mass is 302 g/mol. The molecule has 0 unspecified atom stereocenters. The van der Waals surface area contributed by atoms with Gasteiger partial charge in [0.1, 0.15) is 12.4 Å². The lowest BCUT2D eigenvalue weighted by Gasteiger charge is -2.11. The van der Waals surface area contributed by atoms with Crippen LogP contribution in [0.4, 0.5) is 15.8 Å². The third-order valence-corrected chi connectivity index (χ3v) is 3.23. The number of ether oxygens (including phenoxy) is 1. The van der Waals surface area contributed by atoms with Crippen LogP contribution in [0.25, 0.3) is 0 Å². The van der Waals surface area contributed by atoms with E-state index in [0.29, 0.717) is 28.7 Å². The van der Waals surface area contributed by atoms with Crippen LogP contribution in [0.5, 0.6) is 0 Å². The van der Waals surface area contributed by atoms with Crippen molar-refractivity contribution in [1.29, 1.82) is 0 Å². The van der Waals surface area contributed by atoms with Gasteiger partial charge in [0.15, 0.2) is 5.11 Å². The van der Waals surface area contributed by atoms with E-state index in [0.717, 1.165) is 5.56 Å². The summed E-state index contributed by atoms with van der Waals surface area (Å²) in [5.74, 6) is -0.680. The highest BCUT2D eigenvalue weighted by Crippen LogP contribution is 2.23. The summed E-state index contributed by atoms with van der Waals surface area (Å²) in [6, 6.07) is 11.3. The zero-order chi connectivity index (χ0) is 14.8. The Labute approximate surface area is 125 Å². The van der Waals surface area contributed by atoms with Crippen molar-refractivity contribution in [3.63, 3.8) is 0 Å². The minimum Gasteiger partial charge on any atom is -0.457 e. The number of carbonyl (C=O) groups is 1. The van der Waals surface area contributed by atoms with Crippen molar-refractivity contribution in [2.45, 2.75) is 6.61 Å². The fourth-order valence-corrected chi connectivity index (χ4v) is 2.29. The minimum absolute atomic E-state index is 0.306. The number of rotatable bonds is 2. The number of esters is 1. The van der Waals surface area contributed by atoms with Crippen molar-refractivity contribution in [1.82, 2.24) is 0 Å².